The van der Waals surface area contributed by atoms with Gasteiger partial charge in [0.2, 0.25) is 0 Å². The summed E-state index contributed by atoms with van der Waals surface area (Å²) in [5.41, 5.74) is 0.283. The minimum absolute atomic E-state index is 0.199. The highest BCUT2D eigenvalue weighted by Gasteiger charge is 2.13. The van der Waals surface area contributed by atoms with E-state index in [0.717, 1.165) is 10.8 Å². The summed E-state index contributed by atoms with van der Waals surface area (Å²) in [5.74, 6) is -0.291. The molecule has 0 fully saturated rings. The monoisotopic (exact) mass is 308 g/mol. The van der Waals surface area contributed by atoms with Crippen molar-refractivity contribution in [2.24, 2.45) is 0 Å². The Morgan fingerprint density at radius 1 is 1.38 bits per heavy atom. The average Bonchev–Trinajstić information content (AvgIpc) is 2.51. The Labute approximate surface area is 128 Å². The fourth-order valence-corrected chi connectivity index (χ4v) is 2.23. The number of carbonyl (C=O) groups is 1. The molecular weight excluding hydrogens is 292 g/mol. The van der Waals surface area contributed by atoms with Crippen LogP contribution in [0.1, 0.15) is 10.5 Å². The number of ether oxygens (including phenoxy) is 2. The lowest BCUT2D eigenvalue weighted by Crippen LogP contribution is -2.35. The number of aromatic nitrogens is 1. The number of halogens is 1. The molecule has 0 saturated heterocycles. The number of nitrogens with zero attached hydrogens (tertiary/aromatic N) is 1. The first-order chi connectivity index (χ1) is 10.2. The predicted molar refractivity (Wildman–Crippen MR) is 81.8 cm³/mol. The van der Waals surface area contributed by atoms with E-state index in [4.69, 9.17) is 21.1 Å². The molecule has 0 spiro atoms. The summed E-state index contributed by atoms with van der Waals surface area (Å²) in [6.45, 7) is 0.748. The standard InChI is InChI=1S/C15H17ClN2O3/c1-20-9-11(21-2)8-17-15(19)13-7-10-5-3-4-6-12(10)14(16)18-13/h3-7,11H,8-9H2,1-2H3,(H,17,19). The van der Waals surface area contributed by atoms with Crippen LogP contribution in [-0.2, 0) is 9.47 Å². The van der Waals surface area contributed by atoms with Crippen molar-refractivity contribution in [2.75, 3.05) is 27.4 Å². The third-order valence-electron chi connectivity index (χ3n) is 3.10. The number of benzene rings is 1. The lowest BCUT2D eigenvalue weighted by Gasteiger charge is -2.15. The first-order valence-corrected chi connectivity index (χ1v) is 6.88. The molecule has 1 amide bonds. The van der Waals surface area contributed by atoms with E-state index >= 15 is 0 Å². The smallest absolute Gasteiger partial charge is 0.270 e. The van der Waals surface area contributed by atoms with Gasteiger partial charge in [0, 0.05) is 26.2 Å². The lowest BCUT2D eigenvalue weighted by molar-refractivity contribution is 0.0285. The number of hydrogen-bond acceptors (Lipinski definition) is 4. The summed E-state index contributed by atoms with van der Waals surface area (Å²) in [7, 11) is 3.15. The second kappa shape index (κ2) is 7.36. The van der Waals surface area contributed by atoms with E-state index in [1.54, 1.807) is 20.3 Å². The van der Waals surface area contributed by atoms with Gasteiger partial charge in [0.25, 0.3) is 5.91 Å². The Morgan fingerprint density at radius 2 is 2.14 bits per heavy atom. The van der Waals surface area contributed by atoms with Crippen LogP contribution in [0.5, 0.6) is 0 Å². The van der Waals surface area contributed by atoms with Gasteiger partial charge in [0.1, 0.15) is 10.8 Å². The third-order valence-corrected chi connectivity index (χ3v) is 3.39. The largest absolute Gasteiger partial charge is 0.382 e. The van der Waals surface area contributed by atoms with Crippen molar-refractivity contribution >= 4 is 28.3 Å². The molecule has 0 aliphatic rings. The molecule has 112 valence electrons. The van der Waals surface area contributed by atoms with Crippen LogP contribution in [0.15, 0.2) is 30.3 Å². The quantitative estimate of drug-likeness (QED) is 0.832. The maximum atomic E-state index is 12.1. The molecule has 0 bridgehead atoms. The molecule has 5 nitrogen and oxygen atoms in total. The van der Waals surface area contributed by atoms with Gasteiger partial charge in [-0.2, -0.15) is 0 Å². The molecule has 0 radical (unpaired) electrons. The minimum Gasteiger partial charge on any atom is -0.382 e. The Morgan fingerprint density at radius 3 is 2.86 bits per heavy atom. The van der Waals surface area contributed by atoms with E-state index in [2.05, 4.69) is 10.3 Å². The Kier molecular flexibility index (Phi) is 5.50. The van der Waals surface area contributed by atoms with Gasteiger partial charge >= 0.3 is 0 Å². The molecule has 0 aliphatic carbocycles. The molecule has 1 aromatic carbocycles. The van der Waals surface area contributed by atoms with Gasteiger partial charge in [0.15, 0.2) is 0 Å². The Balaban J connectivity index is 2.12. The van der Waals surface area contributed by atoms with Crippen LogP contribution in [0.3, 0.4) is 0 Å². The van der Waals surface area contributed by atoms with Gasteiger partial charge in [-0.3, -0.25) is 4.79 Å². The fourth-order valence-electron chi connectivity index (χ4n) is 1.97. The molecule has 21 heavy (non-hydrogen) atoms. The normalized spacial score (nSPS) is 12.3. The number of fused-ring (bicyclic) bond motifs is 1. The maximum absolute atomic E-state index is 12.1. The summed E-state index contributed by atoms with van der Waals surface area (Å²) in [6.07, 6.45) is -0.199. The number of rotatable bonds is 6. The fraction of sp³-hybridized carbons (Fsp3) is 0.333. The summed E-state index contributed by atoms with van der Waals surface area (Å²) < 4.78 is 10.2. The highest BCUT2D eigenvalue weighted by Crippen LogP contribution is 2.22. The van der Waals surface area contributed by atoms with Crippen LogP contribution in [0.2, 0.25) is 5.15 Å². The van der Waals surface area contributed by atoms with E-state index in [0.29, 0.717) is 18.3 Å². The highest BCUT2D eigenvalue weighted by atomic mass is 35.5. The zero-order valence-corrected chi connectivity index (χ0v) is 12.7. The van der Waals surface area contributed by atoms with Crippen LogP contribution in [0, 0.1) is 0 Å². The predicted octanol–water partition coefficient (Wildman–Crippen LogP) is 2.28. The van der Waals surface area contributed by atoms with Crippen LogP contribution < -0.4 is 5.32 Å². The second-order valence-corrected chi connectivity index (χ2v) is 4.90. The van der Waals surface area contributed by atoms with Crippen LogP contribution in [0.4, 0.5) is 0 Å². The number of hydrogen-bond donors (Lipinski definition) is 1. The number of carbonyl (C=O) groups excluding carboxylic acids is 1. The molecule has 0 aliphatic heterocycles. The van der Waals surface area contributed by atoms with Crippen LogP contribution in [0.25, 0.3) is 10.8 Å². The highest BCUT2D eigenvalue weighted by molar-refractivity contribution is 6.34. The van der Waals surface area contributed by atoms with Gasteiger partial charge in [-0.25, -0.2) is 4.98 Å². The first kappa shape index (κ1) is 15.7. The molecule has 2 aromatic rings. The summed E-state index contributed by atoms with van der Waals surface area (Å²) in [4.78, 5) is 16.3. The topological polar surface area (TPSA) is 60.5 Å². The summed E-state index contributed by atoms with van der Waals surface area (Å²) in [6, 6.07) is 9.24. The molecule has 6 heteroatoms. The van der Waals surface area contributed by atoms with Crippen molar-refractivity contribution in [3.05, 3.63) is 41.2 Å². The number of amides is 1. The Bertz CT molecular complexity index is 633. The molecular formula is C15H17ClN2O3. The third kappa shape index (κ3) is 3.91. The van der Waals surface area contributed by atoms with Crippen molar-refractivity contribution in [3.63, 3.8) is 0 Å². The number of pyridine rings is 1. The first-order valence-electron chi connectivity index (χ1n) is 6.51. The minimum atomic E-state index is -0.291. The van der Waals surface area contributed by atoms with E-state index in [9.17, 15) is 4.79 Å². The molecule has 0 saturated carbocycles. The summed E-state index contributed by atoms with van der Waals surface area (Å²) >= 11 is 6.11. The van der Waals surface area contributed by atoms with E-state index < -0.39 is 0 Å². The maximum Gasteiger partial charge on any atom is 0.270 e. The van der Waals surface area contributed by atoms with E-state index in [1.807, 2.05) is 24.3 Å². The molecule has 2 rings (SSSR count). The van der Waals surface area contributed by atoms with Crippen LogP contribution >= 0.6 is 11.6 Å². The van der Waals surface area contributed by atoms with Crippen molar-refractivity contribution < 1.29 is 14.3 Å². The number of methoxy groups -OCH3 is 2. The van der Waals surface area contributed by atoms with Gasteiger partial charge in [0.05, 0.1) is 12.7 Å². The van der Waals surface area contributed by atoms with Gasteiger partial charge in [-0.15, -0.1) is 0 Å². The molecule has 1 atom stereocenters. The Hall–Kier alpha value is -1.69. The van der Waals surface area contributed by atoms with E-state index in [1.165, 1.54) is 0 Å². The number of nitrogens with one attached hydrogen (secondary N) is 1. The molecule has 1 unspecified atom stereocenters. The zero-order valence-electron chi connectivity index (χ0n) is 11.9. The summed E-state index contributed by atoms with van der Waals surface area (Å²) in [5, 5.41) is 4.78. The zero-order chi connectivity index (χ0) is 15.2. The van der Waals surface area contributed by atoms with Crippen molar-refractivity contribution in [1.82, 2.24) is 10.3 Å². The van der Waals surface area contributed by atoms with Gasteiger partial charge in [-0.05, 0) is 11.5 Å². The SMILES string of the molecule is COCC(CNC(=O)c1cc2ccccc2c(Cl)n1)OC. The van der Waals surface area contributed by atoms with Gasteiger partial charge in [-0.1, -0.05) is 35.9 Å². The molecule has 1 aromatic heterocycles. The molecule has 1 N–H and O–H groups in total. The second-order valence-electron chi connectivity index (χ2n) is 4.54. The van der Waals surface area contributed by atoms with Crippen molar-refractivity contribution in [1.29, 1.82) is 0 Å². The van der Waals surface area contributed by atoms with Crippen molar-refractivity contribution in [2.45, 2.75) is 6.10 Å². The lowest BCUT2D eigenvalue weighted by atomic mass is 10.1. The van der Waals surface area contributed by atoms with Gasteiger partial charge < -0.3 is 14.8 Å². The average molecular weight is 309 g/mol. The molecule has 1 heterocycles. The van der Waals surface area contributed by atoms with Crippen LogP contribution in [-0.4, -0.2) is 44.4 Å². The van der Waals surface area contributed by atoms with Crippen molar-refractivity contribution in [3.8, 4) is 0 Å². The van der Waals surface area contributed by atoms with E-state index in [-0.39, 0.29) is 17.7 Å².